The molecule has 1 saturated carbocycles. The molecular formula is C23H24F6N2O3. The van der Waals surface area contributed by atoms with Crippen LogP contribution in [0.3, 0.4) is 0 Å². The average Bonchev–Trinajstić information content (AvgIpc) is 3.50. The van der Waals surface area contributed by atoms with Crippen molar-refractivity contribution < 1.29 is 40.6 Å². The molecule has 0 spiro atoms. The van der Waals surface area contributed by atoms with Crippen LogP contribution < -0.4 is 4.74 Å². The quantitative estimate of drug-likeness (QED) is 0.445. The van der Waals surface area contributed by atoms with Crippen LogP contribution in [0, 0.1) is 0 Å². The average molecular weight is 490 g/mol. The summed E-state index contributed by atoms with van der Waals surface area (Å²) in [7, 11) is 1.58. The van der Waals surface area contributed by atoms with Crippen LogP contribution in [0.4, 0.5) is 31.1 Å². The van der Waals surface area contributed by atoms with Crippen molar-refractivity contribution in [3.05, 3.63) is 47.8 Å². The first-order valence-corrected chi connectivity index (χ1v) is 10.3. The highest BCUT2D eigenvalue weighted by atomic mass is 19.4. The standard InChI is InChI=1S/C23H24F6N2O3/c1-20(2,3)34-19(32)31(4)21(5-6-21)13-33-18-9-15(11-30-12-18)14-7-16(22(24,25)26)10-17(8-14)23(27,28)29/h7-12H,5-6,13H2,1-4H3. The van der Waals surface area contributed by atoms with E-state index in [4.69, 9.17) is 9.47 Å². The van der Waals surface area contributed by atoms with Crippen LogP contribution in [0.5, 0.6) is 5.75 Å². The zero-order valence-electron chi connectivity index (χ0n) is 19.0. The van der Waals surface area contributed by atoms with Crippen LogP contribution in [0.1, 0.15) is 44.7 Å². The number of amides is 1. The van der Waals surface area contributed by atoms with E-state index in [1.54, 1.807) is 27.8 Å². The number of carbonyl (C=O) groups is 1. The van der Waals surface area contributed by atoms with Gasteiger partial charge in [-0.3, -0.25) is 4.98 Å². The summed E-state index contributed by atoms with van der Waals surface area (Å²) < 4.78 is 90.2. The molecule has 1 aliphatic carbocycles. The Balaban J connectivity index is 1.82. The minimum Gasteiger partial charge on any atom is -0.490 e. The van der Waals surface area contributed by atoms with E-state index in [9.17, 15) is 31.1 Å². The summed E-state index contributed by atoms with van der Waals surface area (Å²) >= 11 is 0. The lowest BCUT2D eigenvalue weighted by Gasteiger charge is -2.30. The molecule has 0 bridgehead atoms. The largest absolute Gasteiger partial charge is 0.490 e. The topological polar surface area (TPSA) is 51.7 Å². The highest BCUT2D eigenvalue weighted by Crippen LogP contribution is 2.42. The van der Waals surface area contributed by atoms with Crippen molar-refractivity contribution in [3.63, 3.8) is 0 Å². The Morgan fingerprint density at radius 3 is 1.97 bits per heavy atom. The Bertz CT molecular complexity index is 1020. The van der Waals surface area contributed by atoms with Gasteiger partial charge >= 0.3 is 18.4 Å². The fourth-order valence-electron chi connectivity index (χ4n) is 3.24. The maximum atomic E-state index is 13.2. The monoisotopic (exact) mass is 490 g/mol. The van der Waals surface area contributed by atoms with Gasteiger partial charge in [-0.15, -0.1) is 0 Å². The van der Waals surface area contributed by atoms with Gasteiger partial charge in [0.05, 0.1) is 22.9 Å². The maximum Gasteiger partial charge on any atom is 0.416 e. The van der Waals surface area contributed by atoms with Gasteiger partial charge < -0.3 is 14.4 Å². The molecule has 3 rings (SSSR count). The Hall–Kier alpha value is -2.98. The minimum absolute atomic E-state index is 0.0273. The van der Waals surface area contributed by atoms with E-state index in [1.807, 2.05) is 0 Å². The summed E-state index contributed by atoms with van der Waals surface area (Å²) in [6.45, 7) is 5.28. The number of hydrogen-bond acceptors (Lipinski definition) is 4. The molecule has 186 valence electrons. The van der Waals surface area contributed by atoms with E-state index in [-0.39, 0.29) is 29.5 Å². The van der Waals surface area contributed by atoms with E-state index in [1.165, 1.54) is 17.2 Å². The van der Waals surface area contributed by atoms with Crippen molar-refractivity contribution in [1.82, 2.24) is 9.88 Å². The van der Waals surface area contributed by atoms with Crippen LogP contribution >= 0.6 is 0 Å². The maximum absolute atomic E-state index is 13.2. The number of halogens is 6. The van der Waals surface area contributed by atoms with Crippen molar-refractivity contribution in [1.29, 1.82) is 0 Å². The summed E-state index contributed by atoms with van der Waals surface area (Å²) in [6.07, 6.45) is -6.68. The van der Waals surface area contributed by atoms with Crippen LogP contribution in [0.2, 0.25) is 0 Å². The lowest BCUT2D eigenvalue weighted by molar-refractivity contribution is -0.143. The molecule has 34 heavy (non-hydrogen) atoms. The smallest absolute Gasteiger partial charge is 0.416 e. The number of ether oxygens (including phenoxy) is 2. The fraction of sp³-hybridized carbons (Fsp3) is 0.478. The minimum atomic E-state index is -4.96. The van der Waals surface area contributed by atoms with E-state index in [0.717, 1.165) is 6.20 Å². The highest BCUT2D eigenvalue weighted by molar-refractivity contribution is 5.69. The van der Waals surface area contributed by atoms with Gasteiger partial charge in [0.1, 0.15) is 18.0 Å². The molecule has 1 aliphatic rings. The third kappa shape index (κ3) is 6.12. The Morgan fingerprint density at radius 2 is 1.50 bits per heavy atom. The lowest BCUT2D eigenvalue weighted by Crippen LogP contribution is -2.45. The predicted molar refractivity (Wildman–Crippen MR) is 111 cm³/mol. The van der Waals surface area contributed by atoms with Gasteiger partial charge in [0.2, 0.25) is 0 Å². The van der Waals surface area contributed by atoms with Gasteiger partial charge in [0.25, 0.3) is 0 Å². The van der Waals surface area contributed by atoms with Gasteiger partial charge in [-0.25, -0.2) is 4.79 Å². The molecule has 0 N–H and O–H groups in total. The summed E-state index contributed by atoms with van der Waals surface area (Å²) in [5, 5.41) is 0. The van der Waals surface area contributed by atoms with Gasteiger partial charge in [-0.2, -0.15) is 26.3 Å². The number of benzene rings is 1. The number of nitrogens with zero attached hydrogens (tertiary/aromatic N) is 2. The summed E-state index contributed by atoms with van der Waals surface area (Å²) in [6, 6.07) is 2.65. The van der Waals surface area contributed by atoms with Crippen molar-refractivity contribution in [2.75, 3.05) is 13.7 Å². The number of likely N-dealkylation sites (N-methyl/N-ethyl adjacent to an activating group) is 1. The number of hydrogen-bond donors (Lipinski definition) is 0. The molecule has 0 unspecified atom stereocenters. The Kier molecular flexibility index (Phi) is 6.53. The molecule has 1 aromatic heterocycles. The van der Waals surface area contributed by atoms with Crippen LogP contribution in [-0.2, 0) is 17.1 Å². The van der Waals surface area contributed by atoms with Gasteiger partial charge in [0.15, 0.2) is 0 Å². The van der Waals surface area contributed by atoms with Crippen molar-refractivity contribution >= 4 is 6.09 Å². The molecule has 1 amide bonds. The molecule has 0 aliphatic heterocycles. The Labute approximate surface area is 192 Å². The van der Waals surface area contributed by atoms with E-state index < -0.39 is 40.7 Å². The first-order valence-electron chi connectivity index (χ1n) is 10.3. The van der Waals surface area contributed by atoms with Gasteiger partial charge in [0, 0.05) is 18.8 Å². The third-order valence-corrected chi connectivity index (χ3v) is 5.35. The molecule has 0 radical (unpaired) electrons. The molecule has 1 heterocycles. The number of aromatic nitrogens is 1. The summed E-state index contributed by atoms with van der Waals surface area (Å²) in [4.78, 5) is 17.7. The number of alkyl halides is 6. The SMILES string of the molecule is CN(C(=O)OC(C)(C)C)C1(COc2cncc(-c3cc(C(F)(F)F)cc(C(F)(F)F)c3)c2)CC1. The first-order chi connectivity index (χ1) is 15.5. The second kappa shape index (κ2) is 8.66. The number of pyridine rings is 1. The zero-order valence-corrected chi connectivity index (χ0v) is 19.0. The van der Waals surface area contributed by atoms with E-state index in [0.29, 0.717) is 25.0 Å². The highest BCUT2D eigenvalue weighted by Gasteiger charge is 2.50. The molecule has 11 heteroatoms. The van der Waals surface area contributed by atoms with E-state index >= 15 is 0 Å². The van der Waals surface area contributed by atoms with Crippen LogP contribution in [-0.4, -0.2) is 40.8 Å². The Morgan fingerprint density at radius 1 is 0.941 bits per heavy atom. The summed E-state index contributed by atoms with van der Waals surface area (Å²) in [5.41, 5.74) is -4.40. The number of carbonyl (C=O) groups excluding carboxylic acids is 1. The molecule has 5 nitrogen and oxygen atoms in total. The second-order valence-corrected chi connectivity index (χ2v) is 9.26. The van der Waals surface area contributed by atoms with E-state index in [2.05, 4.69) is 4.98 Å². The fourth-order valence-corrected chi connectivity index (χ4v) is 3.24. The van der Waals surface area contributed by atoms with Gasteiger partial charge in [-0.1, -0.05) is 0 Å². The van der Waals surface area contributed by atoms with Crippen molar-refractivity contribution in [2.24, 2.45) is 0 Å². The lowest BCUT2D eigenvalue weighted by atomic mass is 10.00. The molecular weight excluding hydrogens is 466 g/mol. The zero-order chi connectivity index (χ0) is 25.5. The first kappa shape index (κ1) is 25.6. The van der Waals surface area contributed by atoms with Crippen molar-refractivity contribution in [3.8, 4) is 16.9 Å². The van der Waals surface area contributed by atoms with Crippen LogP contribution in [0.25, 0.3) is 11.1 Å². The molecule has 0 saturated heterocycles. The molecule has 0 atom stereocenters. The second-order valence-electron chi connectivity index (χ2n) is 9.26. The number of rotatable bonds is 5. The third-order valence-electron chi connectivity index (χ3n) is 5.35. The molecule has 1 fully saturated rings. The van der Waals surface area contributed by atoms with Crippen LogP contribution in [0.15, 0.2) is 36.7 Å². The summed E-state index contributed by atoms with van der Waals surface area (Å²) in [5.74, 6) is 0.146. The molecule has 2 aromatic rings. The van der Waals surface area contributed by atoms with Gasteiger partial charge in [-0.05, 0) is 63.4 Å². The normalized spacial score (nSPS) is 15.6. The predicted octanol–water partition coefficient (Wildman–Crippen LogP) is 6.56. The molecule has 1 aromatic carbocycles. The van der Waals surface area contributed by atoms with Crippen molar-refractivity contribution in [2.45, 2.75) is 57.1 Å².